The minimum atomic E-state index is -0.560. The Morgan fingerprint density at radius 1 is 0.923 bits per heavy atom. The average Bonchev–Trinajstić information content (AvgIpc) is 2.87. The van der Waals surface area contributed by atoms with E-state index in [1.807, 2.05) is 114 Å². The van der Waals surface area contributed by atoms with Gasteiger partial charge < -0.3 is 10.1 Å². The van der Waals surface area contributed by atoms with E-state index >= 15 is 0 Å². The van der Waals surface area contributed by atoms with Gasteiger partial charge >= 0.3 is 5.97 Å². The molecule has 0 aliphatic heterocycles. The molecule has 4 nitrogen and oxygen atoms in total. The van der Waals surface area contributed by atoms with Gasteiger partial charge in [-0.1, -0.05) is 71.7 Å². The highest BCUT2D eigenvalue weighted by atomic mass is 35.5. The predicted molar refractivity (Wildman–Crippen MR) is 163 cm³/mol. The van der Waals surface area contributed by atoms with E-state index in [1.54, 1.807) is 12.1 Å². The Morgan fingerprint density at radius 3 is 2.23 bits per heavy atom. The Hall–Kier alpha value is -3.83. The normalized spacial score (nSPS) is 12.0. The van der Waals surface area contributed by atoms with Gasteiger partial charge in [0.2, 0.25) is 5.91 Å². The van der Waals surface area contributed by atoms with Gasteiger partial charge in [0, 0.05) is 10.7 Å². The fraction of sp³-hybridized carbons (Fsp3) is 0.212. The van der Waals surface area contributed by atoms with E-state index < -0.39 is 11.5 Å². The SMILES string of the molecule is Bc1cccc([C@@H](Cc2ccc(C(=O)OC(C)(C)C)cc2)C(=O)Nc2ccc(-c3ccc(Cl)cc3C)cc2)c1. The number of ether oxygens (including phenoxy) is 1. The number of nitrogens with one attached hydrogen (secondary N) is 1. The second-order valence-corrected chi connectivity index (χ2v) is 11.3. The van der Waals surface area contributed by atoms with Crippen molar-refractivity contribution >= 4 is 42.5 Å². The van der Waals surface area contributed by atoms with Crippen molar-refractivity contribution in [2.45, 2.75) is 45.6 Å². The number of aryl methyl sites for hydroxylation is 1. The molecule has 39 heavy (non-hydrogen) atoms. The second kappa shape index (κ2) is 11.9. The quantitative estimate of drug-likeness (QED) is 0.216. The number of hydrogen-bond donors (Lipinski definition) is 1. The summed E-state index contributed by atoms with van der Waals surface area (Å²) in [5.41, 5.74) is 6.90. The molecule has 1 amide bonds. The summed E-state index contributed by atoms with van der Waals surface area (Å²) >= 11 is 6.11. The van der Waals surface area contributed by atoms with Gasteiger partial charge in [0.05, 0.1) is 11.5 Å². The maximum atomic E-state index is 13.6. The van der Waals surface area contributed by atoms with Crippen molar-refractivity contribution in [2.24, 2.45) is 0 Å². The van der Waals surface area contributed by atoms with Crippen LogP contribution in [0.2, 0.25) is 5.02 Å². The molecule has 0 fully saturated rings. The van der Waals surface area contributed by atoms with Crippen LogP contribution in [0.1, 0.15) is 53.7 Å². The maximum absolute atomic E-state index is 13.6. The van der Waals surface area contributed by atoms with Crippen LogP contribution in [0, 0.1) is 6.92 Å². The first kappa shape index (κ1) is 28.2. The summed E-state index contributed by atoms with van der Waals surface area (Å²) in [5.74, 6) is -0.859. The van der Waals surface area contributed by atoms with Crippen LogP contribution in [0.25, 0.3) is 11.1 Å². The first-order valence-electron chi connectivity index (χ1n) is 13.0. The first-order chi connectivity index (χ1) is 18.5. The van der Waals surface area contributed by atoms with Gasteiger partial charge in [-0.3, -0.25) is 4.79 Å². The molecule has 4 aromatic rings. The molecule has 4 rings (SSSR count). The largest absolute Gasteiger partial charge is 0.456 e. The van der Waals surface area contributed by atoms with Crippen molar-refractivity contribution in [2.75, 3.05) is 5.32 Å². The molecule has 0 aliphatic rings. The lowest BCUT2D eigenvalue weighted by Gasteiger charge is -2.20. The fourth-order valence-corrected chi connectivity index (χ4v) is 4.74. The van der Waals surface area contributed by atoms with Gasteiger partial charge in [0.25, 0.3) is 0 Å². The molecule has 0 saturated carbocycles. The number of esters is 1. The summed E-state index contributed by atoms with van der Waals surface area (Å²) in [4.78, 5) is 26.0. The van der Waals surface area contributed by atoms with Gasteiger partial charge in [-0.15, -0.1) is 0 Å². The highest BCUT2D eigenvalue weighted by Gasteiger charge is 2.23. The number of carbonyl (C=O) groups excluding carboxylic acids is 2. The van der Waals surface area contributed by atoms with Crippen LogP contribution < -0.4 is 10.8 Å². The molecule has 0 aliphatic carbocycles. The summed E-state index contributed by atoms with van der Waals surface area (Å²) in [7, 11) is 2.02. The van der Waals surface area contributed by atoms with Crippen molar-refractivity contribution in [3.8, 4) is 11.1 Å². The van der Waals surface area contributed by atoms with E-state index in [1.165, 1.54) is 0 Å². The smallest absolute Gasteiger partial charge is 0.338 e. The maximum Gasteiger partial charge on any atom is 0.338 e. The molecule has 0 saturated heterocycles. The van der Waals surface area contributed by atoms with Gasteiger partial charge in [-0.05, 0) is 98.3 Å². The van der Waals surface area contributed by atoms with E-state index in [0.717, 1.165) is 39.0 Å². The number of carbonyl (C=O) groups is 2. The lowest BCUT2D eigenvalue weighted by Crippen LogP contribution is -2.24. The van der Waals surface area contributed by atoms with Crippen LogP contribution in [-0.4, -0.2) is 25.3 Å². The van der Waals surface area contributed by atoms with Crippen molar-refractivity contribution in [1.82, 2.24) is 0 Å². The van der Waals surface area contributed by atoms with Gasteiger partial charge in [0.1, 0.15) is 13.4 Å². The van der Waals surface area contributed by atoms with E-state index in [9.17, 15) is 9.59 Å². The summed E-state index contributed by atoms with van der Waals surface area (Å²) in [6, 6.07) is 29.0. The number of benzene rings is 4. The van der Waals surface area contributed by atoms with E-state index in [-0.39, 0.29) is 11.9 Å². The minimum absolute atomic E-state index is 0.0905. The summed E-state index contributed by atoms with van der Waals surface area (Å²) < 4.78 is 5.47. The highest BCUT2D eigenvalue weighted by Crippen LogP contribution is 2.28. The number of rotatable bonds is 7. The average molecular weight is 538 g/mol. The molecule has 0 unspecified atom stereocenters. The summed E-state index contributed by atoms with van der Waals surface area (Å²) in [6.07, 6.45) is 0.492. The van der Waals surface area contributed by atoms with Gasteiger partial charge in [-0.25, -0.2) is 4.79 Å². The molecule has 0 aromatic heterocycles. The second-order valence-electron chi connectivity index (χ2n) is 10.9. The Morgan fingerprint density at radius 2 is 1.62 bits per heavy atom. The van der Waals surface area contributed by atoms with Crippen molar-refractivity contribution in [1.29, 1.82) is 0 Å². The number of halogens is 1. The van der Waals surface area contributed by atoms with Crippen LogP contribution in [0.5, 0.6) is 0 Å². The minimum Gasteiger partial charge on any atom is -0.456 e. The predicted octanol–water partition coefficient (Wildman–Crippen LogP) is 6.49. The van der Waals surface area contributed by atoms with Crippen LogP contribution in [-0.2, 0) is 16.0 Å². The molecule has 0 radical (unpaired) electrons. The standard InChI is InChI=1S/C33H33BClNO3/c1-21-18-27(35)14-17-29(21)23-12-15-28(16-13-23)36-31(37)30(25-6-5-7-26(34)20-25)19-22-8-10-24(11-9-22)32(38)39-33(2,3)4/h5-18,20,30H,19,34H2,1-4H3,(H,36,37)/t30-/m1/s1. The molecular weight excluding hydrogens is 505 g/mol. The van der Waals surface area contributed by atoms with Crippen LogP contribution in [0.3, 0.4) is 0 Å². The molecule has 4 aromatic carbocycles. The molecular formula is C33H33BClNO3. The van der Waals surface area contributed by atoms with Gasteiger partial charge in [0.15, 0.2) is 0 Å². The molecule has 198 valence electrons. The Kier molecular flexibility index (Phi) is 8.62. The molecule has 0 bridgehead atoms. The monoisotopic (exact) mass is 537 g/mol. The molecule has 1 N–H and O–H groups in total. The Bertz CT molecular complexity index is 1470. The molecule has 6 heteroatoms. The third-order valence-electron chi connectivity index (χ3n) is 6.44. The van der Waals surface area contributed by atoms with Crippen LogP contribution >= 0.6 is 11.6 Å². The number of amides is 1. The highest BCUT2D eigenvalue weighted by molar-refractivity contribution is 6.32. The van der Waals surface area contributed by atoms with Crippen molar-refractivity contribution in [3.05, 3.63) is 118 Å². The van der Waals surface area contributed by atoms with Gasteiger partial charge in [-0.2, -0.15) is 0 Å². The fourth-order valence-electron chi connectivity index (χ4n) is 4.51. The van der Waals surface area contributed by atoms with Crippen LogP contribution in [0.4, 0.5) is 5.69 Å². The summed E-state index contributed by atoms with van der Waals surface area (Å²) in [5, 5.41) is 3.81. The third-order valence-corrected chi connectivity index (χ3v) is 6.68. The summed E-state index contributed by atoms with van der Waals surface area (Å²) in [6.45, 7) is 7.56. The lowest BCUT2D eigenvalue weighted by molar-refractivity contribution is -0.117. The molecule has 0 spiro atoms. The van der Waals surface area contributed by atoms with Crippen molar-refractivity contribution < 1.29 is 14.3 Å². The van der Waals surface area contributed by atoms with E-state index in [2.05, 4.69) is 5.32 Å². The number of hydrogen-bond acceptors (Lipinski definition) is 3. The number of anilines is 1. The first-order valence-corrected chi connectivity index (χ1v) is 13.4. The molecule has 0 heterocycles. The zero-order valence-corrected chi connectivity index (χ0v) is 23.8. The third kappa shape index (κ3) is 7.61. The molecule has 1 atom stereocenters. The van der Waals surface area contributed by atoms with Crippen LogP contribution in [0.15, 0.2) is 91.0 Å². The van der Waals surface area contributed by atoms with E-state index in [4.69, 9.17) is 16.3 Å². The van der Waals surface area contributed by atoms with Crippen molar-refractivity contribution in [3.63, 3.8) is 0 Å². The zero-order chi connectivity index (χ0) is 28.2. The lowest BCUT2D eigenvalue weighted by atomic mass is 9.86. The Labute approximate surface area is 236 Å². The zero-order valence-electron chi connectivity index (χ0n) is 23.0. The van der Waals surface area contributed by atoms with E-state index in [0.29, 0.717) is 17.0 Å². The Balaban J connectivity index is 1.53. The topological polar surface area (TPSA) is 55.4 Å².